The number of amides is 1. The Labute approximate surface area is 217 Å². The Morgan fingerprint density at radius 2 is 1.97 bits per heavy atom. The Balaban J connectivity index is 1.48. The molecule has 3 aliphatic rings. The van der Waals surface area contributed by atoms with E-state index in [1.807, 2.05) is 13.0 Å². The van der Waals surface area contributed by atoms with Gasteiger partial charge in [0.1, 0.15) is 5.75 Å². The van der Waals surface area contributed by atoms with Crippen LogP contribution in [0.2, 0.25) is 0 Å². The summed E-state index contributed by atoms with van der Waals surface area (Å²) in [4.78, 5) is 19.5. The molecule has 3 aliphatic carbocycles. The first-order valence-corrected chi connectivity index (χ1v) is 14.2. The first kappa shape index (κ1) is 25.5. The summed E-state index contributed by atoms with van der Waals surface area (Å²) >= 11 is 1.57. The van der Waals surface area contributed by atoms with Crippen molar-refractivity contribution >= 4 is 28.1 Å². The van der Waals surface area contributed by atoms with Crippen LogP contribution in [0.4, 0.5) is 10.8 Å². The third-order valence-corrected chi connectivity index (χ3v) is 10.4. The van der Waals surface area contributed by atoms with E-state index >= 15 is 0 Å². The van der Waals surface area contributed by atoms with Gasteiger partial charge in [-0.2, -0.15) is 0 Å². The van der Waals surface area contributed by atoms with Crippen molar-refractivity contribution in [1.29, 1.82) is 0 Å². The van der Waals surface area contributed by atoms with Gasteiger partial charge in [-0.25, -0.2) is 4.98 Å². The normalized spacial score (nSPS) is 32.4. The summed E-state index contributed by atoms with van der Waals surface area (Å²) in [5.41, 5.74) is 0.832. The Morgan fingerprint density at radius 1 is 1.19 bits per heavy atom. The second-order valence-electron chi connectivity index (χ2n) is 11.6. The Kier molecular flexibility index (Phi) is 7.05. The lowest BCUT2D eigenvalue weighted by molar-refractivity contribution is -0.144. The van der Waals surface area contributed by atoms with Gasteiger partial charge in [-0.15, -0.1) is 11.3 Å². The van der Waals surface area contributed by atoms with E-state index in [2.05, 4.69) is 17.6 Å². The lowest BCUT2D eigenvalue weighted by Gasteiger charge is -2.58. The number of rotatable bonds is 6. The molecule has 7 nitrogen and oxygen atoms in total. The number of anilines is 2. The number of hydrogen-bond donors (Lipinski definition) is 5. The van der Waals surface area contributed by atoms with Crippen LogP contribution in [-0.2, 0) is 11.2 Å². The molecular weight excluding hydrogens is 474 g/mol. The molecule has 1 heterocycles. The van der Waals surface area contributed by atoms with Crippen LogP contribution in [0.3, 0.4) is 0 Å². The van der Waals surface area contributed by atoms with Gasteiger partial charge in [-0.1, -0.05) is 39.2 Å². The number of aromatic nitrogens is 1. The zero-order chi connectivity index (χ0) is 25.5. The number of aliphatic hydroxyl groups excluding tert-OH is 2. The van der Waals surface area contributed by atoms with Crippen LogP contribution in [0.1, 0.15) is 81.7 Å². The number of fused-ring (bicyclic) bond motifs is 2. The van der Waals surface area contributed by atoms with Crippen LogP contribution in [0, 0.1) is 16.7 Å². The minimum Gasteiger partial charge on any atom is -0.508 e. The fraction of sp³-hybridized carbons (Fsp3) is 0.643. The minimum absolute atomic E-state index is 0.0350. The number of nitrogens with zero attached hydrogens (tertiary/aromatic N) is 1. The first-order chi connectivity index (χ1) is 17.2. The second kappa shape index (κ2) is 9.95. The van der Waals surface area contributed by atoms with Gasteiger partial charge in [0.05, 0.1) is 18.4 Å². The van der Waals surface area contributed by atoms with Gasteiger partial charge in [0.15, 0.2) is 5.13 Å². The lowest BCUT2D eigenvalue weighted by atomic mass is 9.47. The van der Waals surface area contributed by atoms with Gasteiger partial charge >= 0.3 is 0 Å². The Bertz CT molecular complexity index is 1100. The molecule has 0 aliphatic heterocycles. The van der Waals surface area contributed by atoms with Crippen LogP contribution in [0.15, 0.2) is 24.3 Å². The third-order valence-electron chi connectivity index (χ3n) is 9.35. The molecule has 0 spiro atoms. The highest BCUT2D eigenvalue weighted by Gasteiger charge is 2.59. The molecule has 1 aromatic carbocycles. The number of nitrogens with one attached hydrogen (secondary N) is 2. The molecule has 0 saturated heterocycles. The zero-order valence-corrected chi connectivity index (χ0v) is 22.1. The van der Waals surface area contributed by atoms with Crippen molar-refractivity contribution in [2.45, 2.75) is 89.7 Å². The van der Waals surface area contributed by atoms with Gasteiger partial charge < -0.3 is 26.0 Å². The van der Waals surface area contributed by atoms with Crippen LogP contribution < -0.4 is 10.6 Å². The molecule has 1 aromatic heterocycles. The van der Waals surface area contributed by atoms with E-state index in [9.17, 15) is 20.1 Å². The average Bonchev–Trinajstić information content (AvgIpc) is 3.25. The number of thiazole rings is 1. The average molecular weight is 514 g/mol. The molecule has 5 atom stereocenters. The predicted octanol–water partition coefficient (Wildman–Crippen LogP) is 4.85. The maximum atomic E-state index is 13.4. The molecule has 0 bridgehead atoms. The van der Waals surface area contributed by atoms with E-state index in [0.29, 0.717) is 12.8 Å². The monoisotopic (exact) mass is 513 g/mol. The molecule has 5 N–H and O–H groups in total. The maximum Gasteiger partial charge on any atom is 0.220 e. The highest BCUT2D eigenvalue weighted by molar-refractivity contribution is 7.15. The quantitative estimate of drug-likeness (QED) is 0.377. The molecule has 2 aromatic rings. The number of hydrogen-bond acceptors (Lipinski definition) is 7. The van der Waals surface area contributed by atoms with Gasteiger partial charge in [0.25, 0.3) is 0 Å². The van der Waals surface area contributed by atoms with Crippen molar-refractivity contribution in [3.05, 3.63) is 34.8 Å². The molecule has 0 unspecified atom stereocenters. The van der Waals surface area contributed by atoms with Crippen molar-refractivity contribution in [2.75, 3.05) is 11.9 Å². The highest BCUT2D eigenvalue weighted by atomic mass is 32.1. The minimum atomic E-state index is -0.633. The largest absolute Gasteiger partial charge is 0.508 e. The second-order valence-corrected chi connectivity index (χ2v) is 12.7. The number of benzene rings is 1. The molecule has 1 amide bonds. The van der Waals surface area contributed by atoms with Crippen molar-refractivity contribution < 1.29 is 20.1 Å². The summed E-state index contributed by atoms with van der Waals surface area (Å²) in [5, 5.41) is 38.6. The molecule has 2 fully saturated rings. The summed E-state index contributed by atoms with van der Waals surface area (Å²) in [6, 6.07) is 7.22. The molecule has 5 rings (SSSR count). The molecule has 196 valence electrons. The van der Waals surface area contributed by atoms with E-state index in [1.165, 1.54) is 19.3 Å². The van der Waals surface area contributed by atoms with Gasteiger partial charge in [0, 0.05) is 40.4 Å². The lowest BCUT2D eigenvalue weighted by Crippen LogP contribution is -2.57. The van der Waals surface area contributed by atoms with Gasteiger partial charge in [-0.05, 0) is 55.6 Å². The van der Waals surface area contributed by atoms with E-state index in [-0.39, 0.29) is 41.6 Å². The fourth-order valence-electron chi connectivity index (χ4n) is 7.13. The van der Waals surface area contributed by atoms with Crippen molar-refractivity contribution in [2.24, 2.45) is 16.7 Å². The van der Waals surface area contributed by atoms with Crippen molar-refractivity contribution in [3.63, 3.8) is 0 Å². The van der Waals surface area contributed by atoms with Crippen molar-refractivity contribution in [1.82, 2.24) is 10.3 Å². The zero-order valence-electron chi connectivity index (χ0n) is 21.3. The van der Waals surface area contributed by atoms with E-state index in [0.717, 1.165) is 47.1 Å². The topological polar surface area (TPSA) is 115 Å². The molecule has 2 saturated carbocycles. The number of phenolic OH excluding ortho intramolecular Hbond substituents is 1. The third kappa shape index (κ3) is 4.63. The van der Waals surface area contributed by atoms with Crippen molar-refractivity contribution in [3.8, 4) is 5.75 Å². The predicted molar refractivity (Wildman–Crippen MR) is 142 cm³/mol. The van der Waals surface area contributed by atoms with Crippen LogP contribution in [0.25, 0.3) is 0 Å². The van der Waals surface area contributed by atoms with E-state index < -0.39 is 11.5 Å². The first-order valence-electron chi connectivity index (χ1n) is 13.4. The van der Waals surface area contributed by atoms with E-state index in [1.54, 1.807) is 29.5 Å². The Hall–Kier alpha value is -2.16. The van der Waals surface area contributed by atoms with Crippen LogP contribution in [-0.4, -0.2) is 45.0 Å². The number of aliphatic hydroxyl groups is 2. The number of carbonyl (C=O) groups excluding carboxylic acids is 1. The van der Waals surface area contributed by atoms with Crippen LogP contribution >= 0.6 is 11.3 Å². The number of aromatic hydroxyl groups is 1. The van der Waals surface area contributed by atoms with Gasteiger partial charge in [-0.3, -0.25) is 4.79 Å². The molecule has 0 radical (unpaired) electrons. The number of phenols is 1. The van der Waals surface area contributed by atoms with Crippen LogP contribution in [0.5, 0.6) is 5.75 Å². The standard InChI is InChI=1S/C28H39N3O4S/c1-27-12-11-23(34)28(2,16-32)22(27)15-21-25(20(27)14-24(35)29-17-7-4-3-5-8-17)31-26(36-21)30-18-9-6-10-19(33)13-18/h6,9-10,13,17,20,22-23,32-34H,3-5,7-8,11-12,14-16H2,1-2H3,(H,29,35)(H,30,31)/t20-,22+,23-,27+,28+/m1/s1. The molecule has 36 heavy (non-hydrogen) atoms. The summed E-state index contributed by atoms with van der Waals surface area (Å²) in [5.74, 6) is 0.203. The van der Waals surface area contributed by atoms with Gasteiger partial charge in [0.2, 0.25) is 5.91 Å². The highest BCUT2D eigenvalue weighted by Crippen LogP contribution is 2.62. The summed E-state index contributed by atoms with van der Waals surface area (Å²) in [7, 11) is 0. The maximum absolute atomic E-state index is 13.4. The summed E-state index contributed by atoms with van der Waals surface area (Å²) in [6.07, 6.45) is 7.59. The Morgan fingerprint density at radius 3 is 2.69 bits per heavy atom. The summed E-state index contributed by atoms with van der Waals surface area (Å²) < 4.78 is 0. The molecular formula is C28H39N3O4S. The summed E-state index contributed by atoms with van der Waals surface area (Å²) in [6.45, 7) is 4.15. The SMILES string of the molecule is C[C@]1(CO)[C@H]2Cc3sc(Nc4cccc(O)c4)nc3[C@@H](CC(=O)NC3CCCCC3)[C@]2(C)CC[C@H]1O. The fourth-order valence-corrected chi connectivity index (χ4v) is 8.21. The number of carbonyl (C=O) groups is 1. The molecule has 8 heteroatoms. The smallest absolute Gasteiger partial charge is 0.220 e. The van der Waals surface area contributed by atoms with E-state index in [4.69, 9.17) is 4.98 Å².